The number of hydrogen-bond donors (Lipinski definition) is 1. The molecule has 122 valence electrons. The molecule has 0 aromatic carbocycles. The Kier molecular flexibility index (Phi) is 5.53. The van der Waals surface area contributed by atoms with Crippen LogP contribution in [0, 0.1) is 5.92 Å². The van der Waals surface area contributed by atoms with Gasteiger partial charge in [0.1, 0.15) is 5.60 Å². The predicted molar refractivity (Wildman–Crippen MR) is 85.4 cm³/mol. The number of ether oxygens (including phenoxy) is 1. The van der Waals surface area contributed by atoms with Crippen molar-refractivity contribution in [3.63, 3.8) is 0 Å². The summed E-state index contributed by atoms with van der Waals surface area (Å²) in [6.45, 7) is 9.71. The third-order valence-electron chi connectivity index (χ3n) is 4.75. The fraction of sp³-hybridized carbons (Fsp3) is 0.941. The van der Waals surface area contributed by atoms with Crippen LogP contribution in [-0.4, -0.2) is 41.8 Å². The molecule has 1 saturated heterocycles. The first-order valence-electron chi connectivity index (χ1n) is 8.59. The van der Waals surface area contributed by atoms with E-state index in [4.69, 9.17) is 4.74 Å². The summed E-state index contributed by atoms with van der Waals surface area (Å²) in [4.78, 5) is 13.9. The quantitative estimate of drug-likeness (QED) is 0.866. The Hall–Kier alpha value is -0.770. The molecule has 1 saturated carbocycles. The molecule has 2 aliphatic rings. The maximum Gasteiger partial charge on any atom is 0.410 e. The molecule has 0 aromatic heterocycles. The van der Waals surface area contributed by atoms with Crippen molar-refractivity contribution in [2.75, 3.05) is 13.1 Å². The average molecular weight is 296 g/mol. The van der Waals surface area contributed by atoms with Crippen LogP contribution in [0.15, 0.2) is 0 Å². The van der Waals surface area contributed by atoms with E-state index >= 15 is 0 Å². The molecular weight excluding hydrogens is 264 g/mol. The number of amides is 1. The first-order valence-corrected chi connectivity index (χ1v) is 8.59. The zero-order valence-corrected chi connectivity index (χ0v) is 14.2. The van der Waals surface area contributed by atoms with Crippen molar-refractivity contribution in [3.05, 3.63) is 0 Å². The van der Waals surface area contributed by atoms with Crippen LogP contribution in [0.3, 0.4) is 0 Å². The number of carbonyl (C=O) groups is 1. The molecule has 0 radical (unpaired) electrons. The predicted octanol–water partition coefficient (Wildman–Crippen LogP) is 3.55. The monoisotopic (exact) mass is 296 g/mol. The number of carbonyl (C=O) groups excluding carboxylic acids is 1. The summed E-state index contributed by atoms with van der Waals surface area (Å²) in [5, 5.41) is 3.79. The fourth-order valence-corrected chi connectivity index (χ4v) is 3.52. The topological polar surface area (TPSA) is 41.6 Å². The van der Waals surface area contributed by atoms with E-state index in [-0.39, 0.29) is 6.09 Å². The van der Waals surface area contributed by atoms with Crippen LogP contribution >= 0.6 is 0 Å². The maximum atomic E-state index is 12.0. The smallest absolute Gasteiger partial charge is 0.410 e. The molecule has 4 heteroatoms. The largest absolute Gasteiger partial charge is 0.444 e. The van der Waals surface area contributed by atoms with Gasteiger partial charge < -0.3 is 15.0 Å². The second kappa shape index (κ2) is 6.99. The molecule has 0 spiro atoms. The van der Waals surface area contributed by atoms with Gasteiger partial charge in [-0.05, 0) is 59.3 Å². The minimum atomic E-state index is -0.400. The summed E-state index contributed by atoms with van der Waals surface area (Å²) < 4.78 is 5.44. The van der Waals surface area contributed by atoms with Crippen molar-refractivity contribution >= 4 is 6.09 Å². The van der Waals surface area contributed by atoms with Gasteiger partial charge >= 0.3 is 6.09 Å². The fourth-order valence-electron chi connectivity index (χ4n) is 3.52. The summed E-state index contributed by atoms with van der Waals surface area (Å²) in [6.07, 6.45) is 7.47. The van der Waals surface area contributed by atoms with Gasteiger partial charge in [0.25, 0.3) is 0 Å². The van der Waals surface area contributed by atoms with Gasteiger partial charge in [-0.2, -0.15) is 0 Å². The highest BCUT2D eigenvalue weighted by atomic mass is 16.6. The molecule has 0 unspecified atom stereocenters. The van der Waals surface area contributed by atoms with Crippen molar-refractivity contribution in [2.45, 2.75) is 83.9 Å². The van der Waals surface area contributed by atoms with Gasteiger partial charge in [-0.1, -0.05) is 12.8 Å². The third kappa shape index (κ3) is 5.17. The minimum Gasteiger partial charge on any atom is -0.444 e. The molecule has 2 fully saturated rings. The molecule has 1 amide bonds. The lowest BCUT2D eigenvalue weighted by Crippen LogP contribution is -2.49. The summed E-state index contributed by atoms with van der Waals surface area (Å²) >= 11 is 0. The third-order valence-corrected chi connectivity index (χ3v) is 4.75. The second-order valence-electron chi connectivity index (χ2n) is 7.74. The first-order chi connectivity index (χ1) is 9.85. The molecule has 1 aliphatic carbocycles. The highest BCUT2D eigenvalue weighted by molar-refractivity contribution is 5.68. The van der Waals surface area contributed by atoms with Crippen LogP contribution < -0.4 is 5.32 Å². The Balaban J connectivity index is 1.71. The molecule has 2 rings (SSSR count). The molecule has 0 bridgehead atoms. The van der Waals surface area contributed by atoms with E-state index in [0.29, 0.717) is 12.1 Å². The van der Waals surface area contributed by atoms with Crippen LogP contribution in [0.2, 0.25) is 0 Å². The number of hydrogen-bond acceptors (Lipinski definition) is 3. The number of piperidine rings is 1. The average Bonchev–Trinajstić information content (AvgIpc) is 2.91. The van der Waals surface area contributed by atoms with Gasteiger partial charge in [-0.25, -0.2) is 4.79 Å². The molecule has 21 heavy (non-hydrogen) atoms. The first kappa shape index (κ1) is 16.6. The Labute approximate surface area is 129 Å². The van der Waals surface area contributed by atoms with Gasteiger partial charge in [0.05, 0.1) is 0 Å². The lowest BCUT2D eigenvalue weighted by molar-refractivity contribution is 0.0194. The van der Waals surface area contributed by atoms with Crippen molar-refractivity contribution in [1.29, 1.82) is 0 Å². The van der Waals surface area contributed by atoms with Crippen molar-refractivity contribution in [1.82, 2.24) is 10.2 Å². The zero-order valence-electron chi connectivity index (χ0n) is 14.2. The van der Waals surface area contributed by atoms with Crippen LogP contribution in [0.1, 0.15) is 66.2 Å². The van der Waals surface area contributed by atoms with E-state index in [1.165, 1.54) is 25.7 Å². The van der Waals surface area contributed by atoms with Crippen molar-refractivity contribution in [2.24, 2.45) is 5.92 Å². The SMILES string of the molecule is C[C@H](NC1CCN(C(=O)OC(C)(C)C)CC1)C1CCCC1. The molecule has 4 nitrogen and oxygen atoms in total. The standard InChI is InChI=1S/C17H32N2O2/c1-13(14-7-5-6-8-14)18-15-9-11-19(12-10-15)16(20)21-17(2,3)4/h13-15,18H,5-12H2,1-4H3/t13-/m0/s1. The Morgan fingerprint density at radius 2 is 1.71 bits per heavy atom. The lowest BCUT2D eigenvalue weighted by atomic mass is 9.96. The molecule has 1 N–H and O–H groups in total. The highest BCUT2D eigenvalue weighted by Gasteiger charge is 2.29. The van der Waals surface area contributed by atoms with Crippen LogP contribution in [0.4, 0.5) is 4.79 Å². The Morgan fingerprint density at radius 3 is 2.24 bits per heavy atom. The van der Waals surface area contributed by atoms with E-state index in [9.17, 15) is 4.79 Å². The number of rotatable bonds is 3. The van der Waals surface area contributed by atoms with Crippen LogP contribution in [-0.2, 0) is 4.74 Å². The van der Waals surface area contributed by atoms with Gasteiger partial charge in [0.15, 0.2) is 0 Å². The number of nitrogens with one attached hydrogen (secondary N) is 1. The second-order valence-corrected chi connectivity index (χ2v) is 7.74. The summed E-state index contributed by atoms with van der Waals surface area (Å²) in [7, 11) is 0. The molecule has 1 atom stereocenters. The number of nitrogens with zero attached hydrogens (tertiary/aromatic N) is 1. The van der Waals surface area contributed by atoms with E-state index in [1.54, 1.807) is 0 Å². The summed E-state index contributed by atoms with van der Waals surface area (Å²) in [5.74, 6) is 0.855. The Bertz CT molecular complexity index is 337. The molecule has 1 aliphatic heterocycles. The van der Waals surface area contributed by atoms with Gasteiger partial charge in [0, 0.05) is 25.2 Å². The number of likely N-dealkylation sites (tertiary alicyclic amines) is 1. The summed E-state index contributed by atoms with van der Waals surface area (Å²) in [5.41, 5.74) is -0.400. The highest BCUT2D eigenvalue weighted by Crippen LogP contribution is 2.28. The van der Waals surface area contributed by atoms with Gasteiger partial charge in [0.2, 0.25) is 0 Å². The van der Waals surface area contributed by atoms with E-state index in [0.717, 1.165) is 31.8 Å². The van der Waals surface area contributed by atoms with E-state index < -0.39 is 5.60 Å². The lowest BCUT2D eigenvalue weighted by Gasteiger charge is -2.35. The molecule has 1 heterocycles. The molecule has 0 aromatic rings. The van der Waals surface area contributed by atoms with E-state index in [2.05, 4.69) is 12.2 Å². The van der Waals surface area contributed by atoms with Gasteiger partial charge in [-0.3, -0.25) is 0 Å². The van der Waals surface area contributed by atoms with Crippen LogP contribution in [0.5, 0.6) is 0 Å². The normalized spacial score (nSPS) is 23.3. The van der Waals surface area contributed by atoms with Crippen molar-refractivity contribution in [3.8, 4) is 0 Å². The molecular formula is C17H32N2O2. The zero-order chi connectivity index (χ0) is 15.5. The maximum absolute atomic E-state index is 12.0. The van der Waals surface area contributed by atoms with Gasteiger partial charge in [-0.15, -0.1) is 0 Å². The Morgan fingerprint density at radius 1 is 1.14 bits per heavy atom. The van der Waals surface area contributed by atoms with Crippen LogP contribution in [0.25, 0.3) is 0 Å². The summed E-state index contributed by atoms with van der Waals surface area (Å²) in [6, 6.07) is 1.17. The van der Waals surface area contributed by atoms with Crippen molar-refractivity contribution < 1.29 is 9.53 Å². The minimum absolute atomic E-state index is 0.162. The van der Waals surface area contributed by atoms with E-state index in [1.807, 2.05) is 25.7 Å².